The number of hydrogen-bond acceptors (Lipinski definition) is 4. The predicted molar refractivity (Wildman–Crippen MR) is 135 cm³/mol. The first-order valence-corrected chi connectivity index (χ1v) is 12.2. The molecule has 0 spiro atoms. The van der Waals surface area contributed by atoms with Crippen LogP contribution in [0.25, 0.3) is 16.9 Å². The van der Waals surface area contributed by atoms with Crippen molar-refractivity contribution in [2.45, 2.75) is 32.1 Å². The van der Waals surface area contributed by atoms with E-state index in [2.05, 4.69) is 15.5 Å². The number of carbonyl (C=O) groups is 2. The predicted octanol–water partition coefficient (Wildman–Crippen LogP) is 4.51. The Kier molecular flexibility index (Phi) is 8.33. The second kappa shape index (κ2) is 11.8. The molecule has 34 heavy (non-hydrogen) atoms. The van der Waals surface area contributed by atoms with Crippen molar-refractivity contribution in [1.29, 1.82) is 0 Å². The molecular formula is C26H30ClN5O2. The number of aromatic nitrogens is 2. The molecule has 0 radical (unpaired) electrons. The minimum atomic E-state index is -0.153. The molecule has 1 aliphatic rings. The molecule has 2 heterocycles. The van der Waals surface area contributed by atoms with Crippen LogP contribution in [-0.4, -0.2) is 52.7 Å². The molecule has 0 bridgehead atoms. The van der Waals surface area contributed by atoms with Gasteiger partial charge in [0.1, 0.15) is 5.82 Å². The van der Waals surface area contributed by atoms with Crippen LogP contribution in [0.4, 0.5) is 5.82 Å². The number of hydrogen-bond donors (Lipinski definition) is 2. The van der Waals surface area contributed by atoms with Crippen molar-refractivity contribution in [3.63, 3.8) is 0 Å². The molecule has 0 saturated carbocycles. The Balaban J connectivity index is 1.33. The number of nitrogens with zero attached hydrogens (tertiary/aromatic N) is 3. The van der Waals surface area contributed by atoms with Gasteiger partial charge in [0.25, 0.3) is 0 Å². The van der Waals surface area contributed by atoms with Gasteiger partial charge in [-0.2, -0.15) is 5.10 Å². The largest absolute Gasteiger partial charge is 0.355 e. The molecule has 1 aliphatic heterocycles. The summed E-state index contributed by atoms with van der Waals surface area (Å²) in [5, 5.41) is 11.2. The Bertz CT molecular complexity index is 1090. The first-order chi connectivity index (χ1) is 16.6. The number of halogens is 1. The monoisotopic (exact) mass is 479 g/mol. The van der Waals surface area contributed by atoms with Gasteiger partial charge >= 0.3 is 0 Å². The van der Waals surface area contributed by atoms with E-state index in [1.54, 1.807) is 16.8 Å². The molecule has 0 aliphatic carbocycles. The summed E-state index contributed by atoms with van der Waals surface area (Å²) in [5.74, 6) is 0.408. The number of rotatable bonds is 10. The van der Waals surface area contributed by atoms with Crippen LogP contribution in [0.15, 0.2) is 60.7 Å². The van der Waals surface area contributed by atoms with Crippen LogP contribution >= 0.6 is 11.6 Å². The molecule has 2 aromatic carbocycles. The molecule has 1 aromatic heterocycles. The molecule has 4 rings (SSSR count). The van der Waals surface area contributed by atoms with Gasteiger partial charge in [0.2, 0.25) is 11.8 Å². The SMILES string of the molecule is O=C(CCCC(=O)Nc1cc(-c2ccccc2)nn1-c1ccc(Cl)cc1)NCCN1CCCC1. The van der Waals surface area contributed by atoms with Crippen LogP contribution in [0.2, 0.25) is 5.02 Å². The third kappa shape index (κ3) is 6.68. The molecule has 2 amide bonds. The highest BCUT2D eigenvalue weighted by atomic mass is 35.5. The maximum atomic E-state index is 12.7. The highest BCUT2D eigenvalue weighted by Crippen LogP contribution is 2.25. The van der Waals surface area contributed by atoms with Gasteiger partial charge < -0.3 is 15.5 Å². The summed E-state index contributed by atoms with van der Waals surface area (Å²) in [6.45, 7) is 3.79. The number of likely N-dealkylation sites (tertiary alicyclic amines) is 1. The zero-order chi connectivity index (χ0) is 23.8. The summed E-state index contributed by atoms with van der Waals surface area (Å²) in [6.07, 6.45) is 3.56. The van der Waals surface area contributed by atoms with E-state index < -0.39 is 0 Å². The van der Waals surface area contributed by atoms with Crippen molar-refractivity contribution >= 4 is 29.2 Å². The van der Waals surface area contributed by atoms with Crippen LogP contribution in [0.5, 0.6) is 0 Å². The first-order valence-electron chi connectivity index (χ1n) is 11.8. The van der Waals surface area contributed by atoms with Crippen molar-refractivity contribution in [3.8, 4) is 16.9 Å². The highest BCUT2D eigenvalue weighted by molar-refractivity contribution is 6.30. The molecule has 0 atom stereocenters. The maximum absolute atomic E-state index is 12.7. The molecule has 8 heteroatoms. The Hall–Kier alpha value is -3.16. The van der Waals surface area contributed by atoms with Gasteiger partial charge in [-0.1, -0.05) is 41.9 Å². The first kappa shape index (κ1) is 24.0. The Morgan fingerprint density at radius 1 is 0.941 bits per heavy atom. The van der Waals surface area contributed by atoms with E-state index >= 15 is 0 Å². The summed E-state index contributed by atoms with van der Waals surface area (Å²) < 4.78 is 1.70. The zero-order valence-corrected chi connectivity index (χ0v) is 19.9. The van der Waals surface area contributed by atoms with Crippen molar-refractivity contribution < 1.29 is 9.59 Å². The molecule has 1 fully saturated rings. The molecule has 178 valence electrons. The van der Waals surface area contributed by atoms with E-state index in [1.165, 1.54) is 12.8 Å². The van der Waals surface area contributed by atoms with E-state index in [-0.39, 0.29) is 18.2 Å². The van der Waals surface area contributed by atoms with Gasteiger partial charge in [0.15, 0.2) is 0 Å². The van der Waals surface area contributed by atoms with E-state index in [0.717, 1.165) is 36.6 Å². The fourth-order valence-electron chi connectivity index (χ4n) is 4.06. The van der Waals surface area contributed by atoms with Gasteiger partial charge in [0.05, 0.1) is 11.4 Å². The van der Waals surface area contributed by atoms with Crippen LogP contribution in [-0.2, 0) is 9.59 Å². The summed E-state index contributed by atoms with van der Waals surface area (Å²) in [7, 11) is 0. The number of benzene rings is 2. The molecular weight excluding hydrogens is 450 g/mol. The third-order valence-electron chi connectivity index (χ3n) is 5.87. The number of anilines is 1. The standard InChI is InChI=1S/C26H30ClN5O2/c27-21-11-13-22(14-12-21)32-24(19-23(30-32)20-7-2-1-3-8-20)29-26(34)10-6-9-25(33)28-15-18-31-16-4-5-17-31/h1-3,7-8,11-14,19H,4-6,9-10,15-18H2,(H,28,33)(H,29,34). The number of nitrogens with one attached hydrogen (secondary N) is 2. The Morgan fingerprint density at radius 3 is 2.38 bits per heavy atom. The minimum Gasteiger partial charge on any atom is -0.355 e. The van der Waals surface area contributed by atoms with Crippen LogP contribution in [0.3, 0.4) is 0 Å². The van der Waals surface area contributed by atoms with Crippen molar-refractivity contribution in [3.05, 3.63) is 65.7 Å². The lowest BCUT2D eigenvalue weighted by Crippen LogP contribution is -2.33. The molecule has 1 saturated heterocycles. The topological polar surface area (TPSA) is 79.3 Å². The van der Waals surface area contributed by atoms with E-state index in [9.17, 15) is 9.59 Å². The van der Waals surface area contributed by atoms with Crippen LogP contribution in [0.1, 0.15) is 32.1 Å². The number of carbonyl (C=O) groups excluding carboxylic acids is 2. The average Bonchev–Trinajstić information content (AvgIpc) is 3.51. The van der Waals surface area contributed by atoms with Gasteiger partial charge in [-0.15, -0.1) is 0 Å². The van der Waals surface area contributed by atoms with Crippen molar-refractivity contribution in [2.24, 2.45) is 0 Å². The minimum absolute atomic E-state index is 0.00966. The van der Waals surface area contributed by atoms with Gasteiger partial charge in [0, 0.05) is 42.6 Å². The smallest absolute Gasteiger partial charge is 0.225 e. The van der Waals surface area contributed by atoms with Crippen molar-refractivity contribution in [2.75, 3.05) is 31.5 Å². The molecule has 3 aromatic rings. The molecule has 2 N–H and O–H groups in total. The summed E-state index contributed by atoms with van der Waals surface area (Å²) in [6, 6.07) is 18.9. The second-order valence-corrected chi connectivity index (χ2v) is 8.91. The Labute approximate surface area is 205 Å². The van der Waals surface area contributed by atoms with Crippen LogP contribution in [0, 0.1) is 0 Å². The van der Waals surface area contributed by atoms with Gasteiger partial charge in [-0.05, 0) is 56.6 Å². The quantitative estimate of drug-likeness (QED) is 0.448. The second-order valence-electron chi connectivity index (χ2n) is 8.47. The lowest BCUT2D eigenvalue weighted by atomic mass is 10.1. The third-order valence-corrected chi connectivity index (χ3v) is 6.13. The normalized spacial score (nSPS) is 13.7. The fourth-order valence-corrected chi connectivity index (χ4v) is 4.19. The summed E-state index contributed by atoms with van der Waals surface area (Å²) in [4.78, 5) is 27.1. The van der Waals surface area contributed by atoms with E-state index in [0.29, 0.717) is 30.2 Å². The zero-order valence-electron chi connectivity index (χ0n) is 19.2. The van der Waals surface area contributed by atoms with Gasteiger partial charge in [-0.25, -0.2) is 4.68 Å². The molecule has 7 nitrogen and oxygen atoms in total. The Morgan fingerprint density at radius 2 is 1.65 bits per heavy atom. The maximum Gasteiger partial charge on any atom is 0.225 e. The lowest BCUT2D eigenvalue weighted by molar-refractivity contribution is -0.121. The van der Waals surface area contributed by atoms with Crippen LogP contribution < -0.4 is 10.6 Å². The molecule has 0 unspecified atom stereocenters. The number of amides is 2. The van der Waals surface area contributed by atoms with E-state index in [4.69, 9.17) is 16.7 Å². The highest BCUT2D eigenvalue weighted by Gasteiger charge is 2.15. The summed E-state index contributed by atoms with van der Waals surface area (Å²) in [5.41, 5.74) is 2.50. The average molecular weight is 480 g/mol. The van der Waals surface area contributed by atoms with Crippen molar-refractivity contribution in [1.82, 2.24) is 20.0 Å². The van der Waals surface area contributed by atoms with E-state index in [1.807, 2.05) is 48.5 Å². The van der Waals surface area contributed by atoms with Gasteiger partial charge in [-0.3, -0.25) is 9.59 Å². The summed E-state index contributed by atoms with van der Waals surface area (Å²) >= 11 is 6.04. The fraction of sp³-hybridized carbons (Fsp3) is 0.346. The lowest BCUT2D eigenvalue weighted by Gasteiger charge is -2.14.